The number of methoxy groups -OCH3 is 3. The Hall–Kier alpha value is -3.35. The lowest BCUT2D eigenvalue weighted by Crippen LogP contribution is -2.09. The number of carbonyl (C=O) groups is 1. The molecule has 0 saturated heterocycles. The van der Waals surface area contributed by atoms with Crippen LogP contribution in [-0.2, 0) is 4.74 Å². The van der Waals surface area contributed by atoms with E-state index in [0.717, 1.165) is 28.3 Å². The molecule has 3 aromatic rings. The van der Waals surface area contributed by atoms with Gasteiger partial charge in [-0.3, -0.25) is 0 Å². The Balaban J connectivity index is 2.09. The molecule has 0 aliphatic heterocycles. The molecular weight excluding hydrogens is 334 g/mol. The Bertz CT molecular complexity index is 932. The van der Waals surface area contributed by atoms with E-state index in [-0.39, 0.29) is 0 Å². The molecule has 1 heterocycles. The zero-order chi connectivity index (χ0) is 18.7. The number of hydrogen-bond acceptors (Lipinski definition) is 6. The molecule has 0 spiro atoms. The lowest BCUT2D eigenvalue weighted by atomic mass is 10.1. The standard InChI is InChI=1S/C19H19N3O4/c1-12-9-14(10-17(25-3)18(12)19(23)26-4)22-16(11-20-21-22)13-5-7-15(24-2)8-6-13/h5-11H,1-4H3. The zero-order valence-electron chi connectivity index (χ0n) is 15.0. The van der Waals surface area contributed by atoms with Gasteiger partial charge in [-0.25, -0.2) is 9.48 Å². The van der Waals surface area contributed by atoms with Gasteiger partial charge in [0.05, 0.1) is 38.9 Å². The summed E-state index contributed by atoms with van der Waals surface area (Å²) < 4.78 is 17.1. The number of benzene rings is 2. The van der Waals surface area contributed by atoms with E-state index in [2.05, 4.69) is 10.3 Å². The van der Waals surface area contributed by atoms with Crippen LogP contribution in [0, 0.1) is 6.92 Å². The molecule has 26 heavy (non-hydrogen) atoms. The van der Waals surface area contributed by atoms with Crippen molar-refractivity contribution in [3.63, 3.8) is 0 Å². The fourth-order valence-electron chi connectivity index (χ4n) is 2.77. The van der Waals surface area contributed by atoms with E-state index >= 15 is 0 Å². The molecule has 2 aromatic carbocycles. The van der Waals surface area contributed by atoms with Gasteiger partial charge in [-0.2, -0.15) is 0 Å². The summed E-state index contributed by atoms with van der Waals surface area (Å²) >= 11 is 0. The highest BCUT2D eigenvalue weighted by Crippen LogP contribution is 2.30. The van der Waals surface area contributed by atoms with Crippen LogP contribution in [0.5, 0.6) is 11.5 Å². The fourth-order valence-corrected chi connectivity index (χ4v) is 2.77. The second-order valence-electron chi connectivity index (χ2n) is 5.59. The molecule has 0 N–H and O–H groups in total. The molecule has 0 amide bonds. The molecule has 1 aromatic heterocycles. The summed E-state index contributed by atoms with van der Waals surface area (Å²) in [6.07, 6.45) is 1.68. The van der Waals surface area contributed by atoms with Crippen molar-refractivity contribution in [3.05, 3.63) is 53.7 Å². The summed E-state index contributed by atoms with van der Waals surface area (Å²) in [7, 11) is 4.48. The molecule has 3 rings (SSSR count). The van der Waals surface area contributed by atoms with Gasteiger partial charge >= 0.3 is 5.97 Å². The number of aryl methyl sites for hydroxylation is 1. The van der Waals surface area contributed by atoms with Crippen LogP contribution >= 0.6 is 0 Å². The van der Waals surface area contributed by atoms with Crippen LogP contribution in [0.25, 0.3) is 16.9 Å². The summed E-state index contributed by atoms with van der Waals surface area (Å²) in [5.74, 6) is 0.746. The van der Waals surface area contributed by atoms with Gasteiger partial charge in [0, 0.05) is 11.6 Å². The van der Waals surface area contributed by atoms with Gasteiger partial charge in [0.15, 0.2) is 0 Å². The van der Waals surface area contributed by atoms with Crippen LogP contribution in [0.1, 0.15) is 15.9 Å². The lowest BCUT2D eigenvalue weighted by Gasteiger charge is -2.14. The quantitative estimate of drug-likeness (QED) is 0.656. The van der Waals surface area contributed by atoms with E-state index in [1.54, 1.807) is 24.1 Å². The Morgan fingerprint density at radius 1 is 1.04 bits per heavy atom. The van der Waals surface area contributed by atoms with Gasteiger partial charge in [-0.15, -0.1) is 5.10 Å². The number of ether oxygens (including phenoxy) is 3. The van der Waals surface area contributed by atoms with Crippen LogP contribution in [0.3, 0.4) is 0 Å². The molecule has 0 atom stereocenters. The predicted molar refractivity (Wildman–Crippen MR) is 96.0 cm³/mol. The van der Waals surface area contributed by atoms with Gasteiger partial charge in [0.25, 0.3) is 0 Å². The number of nitrogens with zero attached hydrogens (tertiary/aromatic N) is 3. The first-order valence-corrected chi connectivity index (χ1v) is 7.91. The van der Waals surface area contributed by atoms with Gasteiger partial charge in [0.2, 0.25) is 0 Å². The summed E-state index contributed by atoms with van der Waals surface area (Å²) in [5.41, 5.74) is 3.59. The van der Waals surface area contributed by atoms with Crippen LogP contribution in [0.4, 0.5) is 0 Å². The van der Waals surface area contributed by atoms with Gasteiger partial charge < -0.3 is 14.2 Å². The molecule has 0 saturated carbocycles. The molecule has 0 bridgehead atoms. The Labute approximate surface area is 151 Å². The third kappa shape index (κ3) is 3.11. The molecule has 0 fully saturated rings. The van der Waals surface area contributed by atoms with E-state index < -0.39 is 5.97 Å². The molecular formula is C19H19N3O4. The van der Waals surface area contributed by atoms with Crippen molar-refractivity contribution >= 4 is 5.97 Å². The second kappa shape index (κ2) is 7.26. The average molecular weight is 353 g/mol. The fraction of sp³-hybridized carbons (Fsp3) is 0.211. The maximum Gasteiger partial charge on any atom is 0.341 e. The van der Waals surface area contributed by atoms with Crippen LogP contribution < -0.4 is 9.47 Å². The first kappa shape index (κ1) is 17.5. The number of aromatic nitrogens is 3. The van der Waals surface area contributed by atoms with Crippen molar-refractivity contribution in [2.45, 2.75) is 6.92 Å². The summed E-state index contributed by atoms with van der Waals surface area (Å²) in [6.45, 7) is 1.82. The van der Waals surface area contributed by atoms with Crippen molar-refractivity contribution in [2.24, 2.45) is 0 Å². The van der Waals surface area contributed by atoms with E-state index in [9.17, 15) is 4.79 Å². The van der Waals surface area contributed by atoms with Gasteiger partial charge in [-0.1, -0.05) is 5.21 Å². The summed E-state index contributed by atoms with van der Waals surface area (Å²) in [5, 5.41) is 8.21. The lowest BCUT2D eigenvalue weighted by molar-refractivity contribution is 0.0596. The minimum atomic E-state index is -0.445. The van der Waals surface area contributed by atoms with Crippen molar-refractivity contribution in [1.82, 2.24) is 15.0 Å². The molecule has 134 valence electrons. The van der Waals surface area contributed by atoms with E-state index in [1.807, 2.05) is 37.3 Å². The van der Waals surface area contributed by atoms with Crippen molar-refractivity contribution < 1.29 is 19.0 Å². The maximum absolute atomic E-state index is 12.0. The molecule has 0 radical (unpaired) electrons. The molecule has 7 heteroatoms. The van der Waals surface area contributed by atoms with E-state index in [0.29, 0.717) is 11.3 Å². The van der Waals surface area contributed by atoms with Gasteiger partial charge in [0.1, 0.15) is 17.1 Å². The van der Waals surface area contributed by atoms with E-state index in [4.69, 9.17) is 14.2 Å². The number of carbonyl (C=O) groups excluding carboxylic acids is 1. The summed E-state index contributed by atoms with van der Waals surface area (Å²) in [4.78, 5) is 12.0. The molecule has 0 unspecified atom stereocenters. The number of rotatable bonds is 5. The SMILES string of the molecule is COC(=O)c1c(C)cc(-n2nncc2-c2ccc(OC)cc2)cc1OC. The molecule has 7 nitrogen and oxygen atoms in total. The smallest absolute Gasteiger partial charge is 0.341 e. The number of hydrogen-bond donors (Lipinski definition) is 0. The predicted octanol–water partition coefficient (Wildman–Crippen LogP) is 3.05. The van der Waals surface area contributed by atoms with Crippen molar-refractivity contribution in [2.75, 3.05) is 21.3 Å². The minimum absolute atomic E-state index is 0.393. The summed E-state index contributed by atoms with van der Waals surface area (Å²) in [6, 6.07) is 11.2. The van der Waals surface area contributed by atoms with Crippen LogP contribution in [-0.4, -0.2) is 42.3 Å². The largest absolute Gasteiger partial charge is 0.497 e. The minimum Gasteiger partial charge on any atom is -0.497 e. The molecule has 0 aliphatic carbocycles. The third-order valence-corrected chi connectivity index (χ3v) is 4.07. The topological polar surface area (TPSA) is 75.5 Å². The van der Waals surface area contributed by atoms with Crippen LogP contribution in [0.2, 0.25) is 0 Å². The van der Waals surface area contributed by atoms with Crippen molar-refractivity contribution in [3.8, 4) is 28.4 Å². The third-order valence-electron chi connectivity index (χ3n) is 4.07. The number of esters is 1. The zero-order valence-corrected chi connectivity index (χ0v) is 15.0. The molecule has 0 aliphatic rings. The highest BCUT2D eigenvalue weighted by molar-refractivity contribution is 5.94. The normalized spacial score (nSPS) is 10.5. The Morgan fingerprint density at radius 2 is 1.77 bits per heavy atom. The maximum atomic E-state index is 12.0. The van der Waals surface area contributed by atoms with Gasteiger partial charge in [-0.05, 0) is 42.8 Å². The average Bonchev–Trinajstić information content (AvgIpc) is 3.16. The monoisotopic (exact) mass is 353 g/mol. The first-order chi connectivity index (χ1) is 12.6. The van der Waals surface area contributed by atoms with Crippen LogP contribution in [0.15, 0.2) is 42.6 Å². The highest BCUT2D eigenvalue weighted by atomic mass is 16.5. The Kier molecular flexibility index (Phi) is 4.88. The van der Waals surface area contributed by atoms with E-state index in [1.165, 1.54) is 14.2 Å². The Morgan fingerprint density at radius 3 is 2.38 bits per heavy atom. The van der Waals surface area contributed by atoms with Crippen molar-refractivity contribution in [1.29, 1.82) is 0 Å². The second-order valence-corrected chi connectivity index (χ2v) is 5.59. The first-order valence-electron chi connectivity index (χ1n) is 7.91. The highest BCUT2D eigenvalue weighted by Gasteiger charge is 2.19.